The number of likely N-dealkylation sites (N-methyl/N-ethyl adjacent to an activating group) is 1. The van der Waals surface area contributed by atoms with E-state index in [1.54, 1.807) is 13.2 Å². The fourth-order valence-corrected chi connectivity index (χ4v) is 2.54. The molecule has 0 saturated carbocycles. The zero-order valence-corrected chi connectivity index (χ0v) is 16.1. The molecule has 8 heteroatoms. The first-order valence-corrected chi connectivity index (χ1v) is 9.10. The van der Waals surface area contributed by atoms with Crippen molar-refractivity contribution in [3.05, 3.63) is 60.6 Å². The number of para-hydroxylation sites is 1. The molecule has 3 rings (SSSR count). The average Bonchev–Trinajstić information content (AvgIpc) is 3.21. The Morgan fingerprint density at radius 2 is 2.00 bits per heavy atom. The van der Waals surface area contributed by atoms with Crippen LogP contribution >= 0.6 is 0 Å². The third kappa shape index (κ3) is 5.54. The number of nitrogens with zero attached hydrogens (tertiary/aromatic N) is 5. The zero-order chi connectivity index (χ0) is 19.6. The molecule has 0 radical (unpaired) electrons. The van der Waals surface area contributed by atoms with E-state index in [4.69, 9.17) is 9.26 Å². The molecule has 0 spiro atoms. The molecule has 0 aliphatic rings. The van der Waals surface area contributed by atoms with Gasteiger partial charge in [0.1, 0.15) is 18.1 Å². The summed E-state index contributed by atoms with van der Waals surface area (Å²) in [4.78, 5) is 14.9. The molecule has 3 aromatic rings. The molecule has 2 heterocycles. The topological polar surface area (TPSA) is 88.7 Å². The fourth-order valence-electron chi connectivity index (χ4n) is 2.54. The van der Waals surface area contributed by atoms with Crippen LogP contribution in [-0.2, 0) is 6.42 Å². The lowest BCUT2D eigenvalue weighted by atomic mass is 10.3. The molecule has 1 aromatic carbocycles. The van der Waals surface area contributed by atoms with E-state index in [2.05, 4.69) is 25.4 Å². The highest BCUT2D eigenvalue weighted by atomic mass is 16.5. The van der Waals surface area contributed by atoms with Crippen molar-refractivity contribution in [1.29, 1.82) is 0 Å². The lowest BCUT2D eigenvalue weighted by molar-refractivity contribution is 0.281. The smallest absolute Gasteiger partial charge is 0.276 e. The predicted molar refractivity (Wildman–Crippen MR) is 107 cm³/mol. The Labute approximate surface area is 164 Å². The summed E-state index contributed by atoms with van der Waals surface area (Å²) in [5, 5.41) is 7.30. The van der Waals surface area contributed by atoms with Gasteiger partial charge in [-0.2, -0.15) is 4.98 Å². The van der Waals surface area contributed by atoms with Crippen molar-refractivity contribution < 1.29 is 9.26 Å². The summed E-state index contributed by atoms with van der Waals surface area (Å²) >= 11 is 0. The molecule has 0 unspecified atom stereocenters. The van der Waals surface area contributed by atoms with E-state index in [0.29, 0.717) is 43.5 Å². The Kier molecular flexibility index (Phi) is 6.95. The summed E-state index contributed by atoms with van der Waals surface area (Å²) in [6.07, 6.45) is 2.31. The normalized spacial score (nSPS) is 11.3. The standard InChI is InChI=1S/C20H24N6O2/c1-21-20(26(2)14-15-27-16-8-4-3-5-9-16)23-13-11-18-24-19(28-25-18)17-10-6-7-12-22-17/h3-10,12H,11,13-15H2,1-2H3,(H,21,23). The minimum atomic E-state index is 0.426. The molecule has 0 aliphatic heterocycles. The van der Waals surface area contributed by atoms with Crippen molar-refractivity contribution in [3.63, 3.8) is 0 Å². The quantitative estimate of drug-likeness (QED) is 0.474. The summed E-state index contributed by atoms with van der Waals surface area (Å²) < 4.78 is 11.0. The maximum Gasteiger partial charge on any atom is 0.276 e. The largest absolute Gasteiger partial charge is 0.492 e. The van der Waals surface area contributed by atoms with Gasteiger partial charge in [-0.15, -0.1) is 0 Å². The van der Waals surface area contributed by atoms with Gasteiger partial charge in [0, 0.05) is 33.3 Å². The Hall–Kier alpha value is -3.42. The van der Waals surface area contributed by atoms with Crippen molar-refractivity contribution in [1.82, 2.24) is 25.3 Å². The van der Waals surface area contributed by atoms with Crippen LogP contribution < -0.4 is 10.1 Å². The lowest BCUT2D eigenvalue weighted by Crippen LogP contribution is -2.41. The van der Waals surface area contributed by atoms with E-state index in [-0.39, 0.29) is 0 Å². The van der Waals surface area contributed by atoms with Gasteiger partial charge in [0.25, 0.3) is 5.89 Å². The maximum atomic E-state index is 5.73. The number of guanidine groups is 1. The molecule has 146 valence electrons. The molecule has 2 aromatic heterocycles. The van der Waals surface area contributed by atoms with Gasteiger partial charge < -0.3 is 19.5 Å². The van der Waals surface area contributed by atoms with Crippen LogP contribution in [0.2, 0.25) is 0 Å². The van der Waals surface area contributed by atoms with Gasteiger partial charge >= 0.3 is 0 Å². The van der Waals surface area contributed by atoms with Gasteiger partial charge in [-0.25, -0.2) is 0 Å². The Morgan fingerprint density at radius 3 is 2.75 bits per heavy atom. The monoisotopic (exact) mass is 380 g/mol. The maximum absolute atomic E-state index is 5.73. The van der Waals surface area contributed by atoms with Crippen molar-refractivity contribution in [2.24, 2.45) is 4.99 Å². The van der Waals surface area contributed by atoms with Gasteiger partial charge in [-0.1, -0.05) is 29.4 Å². The number of hydrogen-bond donors (Lipinski definition) is 1. The molecule has 1 N–H and O–H groups in total. The second kappa shape index (κ2) is 10.1. The van der Waals surface area contributed by atoms with Gasteiger partial charge in [0.05, 0.1) is 6.54 Å². The number of hydrogen-bond acceptors (Lipinski definition) is 6. The van der Waals surface area contributed by atoms with Crippen LogP contribution in [0.25, 0.3) is 11.6 Å². The third-order valence-corrected chi connectivity index (χ3v) is 4.00. The summed E-state index contributed by atoms with van der Waals surface area (Å²) in [6, 6.07) is 15.3. The van der Waals surface area contributed by atoms with Crippen LogP contribution in [0.5, 0.6) is 5.75 Å². The van der Waals surface area contributed by atoms with E-state index in [9.17, 15) is 0 Å². The van der Waals surface area contributed by atoms with Crippen molar-refractivity contribution in [2.75, 3.05) is 33.8 Å². The summed E-state index contributed by atoms with van der Waals surface area (Å²) in [5.41, 5.74) is 0.670. The molecule has 0 saturated heterocycles. The highest BCUT2D eigenvalue weighted by molar-refractivity contribution is 5.79. The number of aliphatic imine (C=N–C) groups is 1. The highest BCUT2D eigenvalue weighted by Crippen LogP contribution is 2.13. The van der Waals surface area contributed by atoms with Crippen molar-refractivity contribution in [3.8, 4) is 17.3 Å². The van der Waals surface area contributed by atoms with E-state index in [0.717, 1.165) is 11.7 Å². The third-order valence-electron chi connectivity index (χ3n) is 4.00. The first kappa shape index (κ1) is 19.3. The predicted octanol–water partition coefficient (Wildman–Crippen LogP) is 2.26. The molecule has 0 atom stereocenters. The summed E-state index contributed by atoms with van der Waals surface area (Å²) in [5.74, 6) is 2.69. The van der Waals surface area contributed by atoms with Crippen molar-refractivity contribution in [2.45, 2.75) is 6.42 Å². The Bertz CT molecular complexity index is 867. The van der Waals surface area contributed by atoms with Gasteiger partial charge in [0.2, 0.25) is 0 Å². The van der Waals surface area contributed by atoms with E-state index in [1.165, 1.54) is 0 Å². The number of benzene rings is 1. The Morgan fingerprint density at radius 1 is 1.18 bits per heavy atom. The second-order valence-corrected chi connectivity index (χ2v) is 6.04. The van der Waals surface area contributed by atoms with Crippen molar-refractivity contribution >= 4 is 5.96 Å². The molecule has 28 heavy (non-hydrogen) atoms. The van der Waals surface area contributed by atoms with Crippen LogP contribution in [-0.4, -0.2) is 59.8 Å². The molecular formula is C20H24N6O2. The first-order valence-electron chi connectivity index (χ1n) is 9.10. The Balaban J connectivity index is 1.42. The SMILES string of the molecule is CN=C(NCCc1noc(-c2ccccn2)n1)N(C)CCOc1ccccc1. The average molecular weight is 380 g/mol. The zero-order valence-electron chi connectivity index (χ0n) is 16.1. The first-order chi connectivity index (χ1) is 13.8. The second-order valence-electron chi connectivity index (χ2n) is 6.04. The number of nitrogens with one attached hydrogen (secondary N) is 1. The fraction of sp³-hybridized carbons (Fsp3) is 0.300. The summed E-state index contributed by atoms with van der Waals surface area (Å²) in [6.45, 7) is 1.91. The number of aromatic nitrogens is 3. The van der Waals surface area contributed by atoms with E-state index >= 15 is 0 Å². The van der Waals surface area contributed by atoms with Crippen LogP contribution in [0, 0.1) is 0 Å². The molecule has 8 nitrogen and oxygen atoms in total. The minimum Gasteiger partial charge on any atom is -0.492 e. The van der Waals surface area contributed by atoms with E-state index < -0.39 is 0 Å². The number of rotatable bonds is 8. The van der Waals surface area contributed by atoms with E-state index in [1.807, 2.05) is 60.5 Å². The minimum absolute atomic E-state index is 0.426. The summed E-state index contributed by atoms with van der Waals surface area (Å²) in [7, 11) is 3.72. The van der Waals surface area contributed by atoms with Crippen LogP contribution in [0.4, 0.5) is 0 Å². The number of ether oxygens (including phenoxy) is 1. The van der Waals surface area contributed by atoms with Crippen LogP contribution in [0.1, 0.15) is 5.82 Å². The van der Waals surface area contributed by atoms with Gasteiger partial charge in [-0.3, -0.25) is 9.98 Å². The van der Waals surface area contributed by atoms with Crippen LogP contribution in [0.3, 0.4) is 0 Å². The molecule has 0 fully saturated rings. The lowest BCUT2D eigenvalue weighted by Gasteiger charge is -2.21. The highest BCUT2D eigenvalue weighted by Gasteiger charge is 2.10. The van der Waals surface area contributed by atoms with Crippen LogP contribution in [0.15, 0.2) is 64.2 Å². The number of pyridine rings is 1. The molecule has 0 aliphatic carbocycles. The van der Waals surface area contributed by atoms with Gasteiger partial charge in [-0.05, 0) is 24.3 Å². The van der Waals surface area contributed by atoms with Gasteiger partial charge in [0.15, 0.2) is 11.8 Å². The molecule has 0 amide bonds. The molecular weight excluding hydrogens is 356 g/mol. The molecule has 0 bridgehead atoms.